The van der Waals surface area contributed by atoms with Crippen LogP contribution in [-0.2, 0) is 0 Å². The summed E-state index contributed by atoms with van der Waals surface area (Å²) in [6.07, 6.45) is 7.69. The fourth-order valence-corrected chi connectivity index (χ4v) is 2.84. The lowest BCUT2D eigenvalue weighted by Gasteiger charge is -2.17. The molecular formula is C17H21N3O2. The molecule has 0 amide bonds. The van der Waals surface area contributed by atoms with Gasteiger partial charge in [-0.05, 0) is 44.4 Å². The van der Waals surface area contributed by atoms with Gasteiger partial charge in [-0.3, -0.25) is 14.4 Å². The number of carbonyl (C=O) groups is 1. The molecular weight excluding hydrogens is 278 g/mol. The molecule has 2 aromatic rings. The summed E-state index contributed by atoms with van der Waals surface area (Å²) < 4.78 is 6.65. The molecule has 0 unspecified atom stereocenters. The molecule has 3 rings (SSSR count). The Balaban J connectivity index is 2.00. The van der Waals surface area contributed by atoms with Gasteiger partial charge in [0.15, 0.2) is 0 Å². The molecule has 2 aromatic heterocycles. The van der Waals surface area contributed by atoms with Crippen molar-refractivity contribution in [2.75, 3.05) is 0 Å². The van der Waals surface area contributed by atoms with Crippen LogP contribution in [-0.4, -0.2) is 21.7 Å². The number of carbonyl (C=O) groups excluding carboxylic acids is 1. The minimum Gasteiger partial charge on any atom is -0.351 e. The zero-order valence-corrected chi connectivity index (χ0v) is 13.1. The van der Waals surface area contributed by atoms with Gasteiger partial charge < -0.3 is 4.52 Å². The van der Waals surface area contributed by atoms with E-state index in [9.17, 15) is 4.79 Å². The normalized spacial score (nSPS) is 16.9. The van der Waals surface area contributed by atoms with Crippen molar-refractivity contribution in [2.24, 2.45) is 4.99 Å². The topological polar surface area (TPSA) is 60.4 Å². The van der Waals surface area contributed by atoms with E-state index in [0.29, 0.717) is 17.2 Å². The summed E-state index contributed by atoms with van der Waals surface area (Å²) in [5, 5.41) is 3.79. The minimum absolute atomic E-state index is 0.227. The van der Waals surface area contributed by atoms with Crippen LogP contribution in [0.1, 0.15) is 53.9 Å². The number of hydrogen-bond acceptors (Lipinski definition) is 4. The smallest absolute Gasteiger partial charge is 0.302 e. The lowest BCUT2D eigenvalue weighted by Crippen LogP contribution is -2.29. The van der Waals surface area contributed by atoms with Gasteiger partial charge in [-0.15, -0.1) is 0 Å². The maximum Gasteiger partial charge on any atom is 0.302 e. The van der Waals surface area contributed by atoms with Gasteiger partial charge in [-0.25, -0.2) is 0 Å². The van der Waals surface area contributed by atoms with Crippen LogP contribution in [0.3, 0.4) is 0 Å². The number of nitrogens with zero attached hydrogens (tertiary/aromatic N) is 3. The molecule has 0 radical (unpaired) electrons. The fraction of sp³-hybridized carbons (Fsp3) is 0.471. The van der Waals surface area contributed by atoms with Crippen molar-refractivity contribution in [2.45, 2.75) is 52.0 Å². The van der Waals surface area contributed by atoms with Gasteiger partial charge in [0.1, 0.15) is 5.49 Å². The highest BCUT2D eigenvalue weighted by molar-refractivity contribution is 5.93. The van der Waals surface area contributed by atoms with E-state index in [-0.39, 0.29) is 11.7 Å². The lowest BCUT2D eigenvalue weighted by molar-refractivity contribution is 0.0917. The van der Waals surface area contributed by atoms with Crippen molar-refractivity contribution in [1.29, 1.82) is 0 Å². The molecule has 0 N–H and O–H groups in total. The Labute approximate surface area is 129 Å². The van der Waals surface area contributed by atoms with E-state index in [0.717, 1.165) is 18.4 Å². The Morgan fingerprint density at radius 3 is 2.73 bits per heavy atom. The third-order valence-electron chi connectivity index (χ3n) is 4.04. The Hall–Kier alpha value is -2.17. The van der Waals surface area contributed by atoms with Gasteiger partial charge in [-0.2, -0.15) is 0 Å². The van der Waals surface area contributed by atoms with Crippen LogP contribution in [0.25, 0.3) is 0 Å². The molecule has 116 valence electrons. The highest BCUT2D eigenvalue weighted by Gasteiger charge is 2.16. The third kappa shape index (κ3) is 3.18. The number of aryl methyl sites for hydroxylation is 2. The van der Waals surface area contributed by atoms with E-state index < -0.39 is 0 Å². The van der Waals surface area contributed by atoms with Crippen molar-refractivity contribution < 1.29 is 9.32 Å². The monoisotopic (exact) mass is 299 g/mol. The largest absolute Gasteiger partial charge is 0.351 e. The van der Waals surface area contributed by atoms with Crippen LogP contribution in [0.15, 0.2) is 33.9 Å². The molecule has 0 atom stereocenters. The molecule has 5 heteroatoms. The van der Waals surface area contributed by atoms with E-state index >= 15 is 0 Å². The Kier molecular flexibility index (Phi) is 4.22. The zero-order valence-electron chi connectivity index (χ0n) is 13.1. The van der Waals surface area contributed by atoms with Crippen molar-refractivity contribution in [3.8, 4) is 0 Å². The first kappa shape index (κ1) is 14.8. The first-order valence-corrected chi connectivity index (χ1v) is 7.84. The Bertz CT molecular complexity index is 736. The van der Waals surface area contributed by atoms with Crippen molar-refractivity contribution in [3.05, 3.63) is 46.9 Å². The quantitative estimate of drug-likeness (QED) is 0.856. The van der Waals surface area contributed by atoms with E-state index in [1.807, 2.05) is 19.1 Å². The molecule has 5 nitrogen and oxygen atoms in total. The van der Waals surface area contributed by atoms with Crippen LogP contribution < -0.4 is 5.49 Å². The first-order chi connectivity index (χ1) is 10.6. The van der Waals surface area contributed by atoms with Crippen LogP contribution in [0.4, 0.5) is 0 Å². The number of aromatic nitrogens is 2. The fourth-order valence-electron chi connectivity index (χ4n) is 2.84. The molecule has 0 aromatic carbocycles. The molecule has 0 saturated heterocycles. The summed E-state index contributed by atoms with van der Waals surface area (Å²) in [6.45, 7) is 3.81. The second-order valence-corrected chi connectivity index (χ2v) is 5.99. The predicted octanol–water partition coefficient (Wildman–Crippen LogP) is 3.01. The van der Waals surface area contributed by atoms with Gasteiger partial charge in [0.25, 0.3) is 0 Å². The lowest BCUT2D eigenvalue weighted by atomic mass is 9.96. The van der Waals surface area contributed by atoms with Gasteiger partial charge in [0, 0.05) is 12.3 Å². The molecule has 0 bridgehead atoms. The summed E-state index contributed by atoms with van der Waals surface area (Å²) in [5.41, 5.74) is 2.49. The molecule has 2 heterocycles. The SMILES string of the molecule is Cc1ccn(C(=O)c2cc(C)no2)c(=NC2CCCCC2)c1. The van der Waals surface area contributed by atoms with Gasteiger partial charge in [-0.1, -0.05) is 24.4 Å². The van der Waals surface area contributed by atoms with Crippen LogP contribution in [0, 0.1) is 13.8 Å². The molecule has 1 aliphatic carbocycles. The first-order valence-electron chi connectivity index (χ1n) is 7.84. The molecule has 22 heavy (non-hydrogen) atoms. The summed E-state index contributed by atoms with van der Waals surface area (Å²) >= 11 is 0. The number of pyridine rings is 1. The van der Waals surface area contributed by atoms with E-state index in [4.69, 9.17) is 9.52 Å². The van der Waals surface area contributed by atoms with Gasteiger partial charge in [0.05, 0.1) is 11.7 Å². The number of rotatable bonds is 2. The summed E-state index contributed by atoms with van der Waals surface area (Å²) in [6, 6.07) is 5.82. The van der Waals surface area contributed by atoms with Crippen LogP contribution in [0.5, 0.6) is 0 Å². The van der Waals surface area contributed by atoms with Crippen LogP contribution in [0.2, 0.25) is 0 Å². The second-order valence-electron chi connectivity index (χ2n) is 5.99. The molecule has 0 spiro atoms. The van der Waals surface area contributed by atoms with Crippen molar-refractivity contribution >= 4 is 5.91 Å². The maximum absolute atomic E-state index is 12.6. The average molecular weight is 299 g/mol. The van der Waals surface area contributed by atoms with Gasteiger partial charge in [0.2, 0.25) is 5.76 Å². The molecule has 1 aliphatic rings. The summed E-state index contributed by atoms with van der Waals surface area (Å²) in [7, 11) is 0. The van der Waals surface area contributed by atoms with Crippen LogP contribution >= 0.6 is 0 Å². The minimum atomic E-state index is -0.227. The second kappa shape index (κ2) is 6.30. The molecule has 1 saturated carbocycles. The Morgan fingerprint density at radius 1 is 1.27 bits per heavy atom. The molecule has 1 fully saturated rings. The molecule has 0 aliphatic heterocycles. The maximum atomic E-state index is 12.6. The summed E-state index contributed by atoms with van der Waals surface area (Å²) in [4.78, 5) is 17.4. The zero-order chi connectivity index (χ0) is 15.5. The average Bonchev–Trinajstić information content (AvgIpc) is 2.94. The predicted molar refractivity (Wildman–Crippen MR) is 82.6 cm³/mol. The standard InChI is InChI=1S/C17H21N3O2/c1-12-8-9-20(17(21)15-11-13(2)19-22-15)16(10-12)18-14-6-4-3-5-7-14/h8-11,14H,3-7H2,1-2H3. The summed E-state index contributed by atoms with van der Waals surface area (Å²) in [5.74, 6) is 0.0154. The van der Waals surface area contributed by atoms with E-state index in [1.54, 1.807) is 23.8 Å². The Morgan fingerprint density at radius 2 is 2.05 bits per heavy atom. The number of hydrogen-bond donors (Lipinski definition) is 0. The highest BCUT2D eigenvalue weighted by atomic mass is 16.5. The van der Waals surface area contributed by atoms with E-state index in [2.05, 4.69) is 5.16 Å². The highest BCUT2D eigenvalue weighted by Crippen LogP contribution is 2.19. The van der Waals surface area contributed by atoms with E-state index in [1.165, 1.54) is 19.3 Å². The third-order valence-corrected chi connectivity index (χ3v) is 4.04. The van der Waals surface area contributed by atoms with Gasteiger partial charge >= 0.3 is 5.91 Å². The van der Waals surface area contributed by atoms with Crippen molar-refractivity contribution in [3.63, 3.8) is 0 Å². The van der Waals surface area contributed by atoms with Crippen molar-refractivity contribution in [1.82, 2.24) is 9.72 Å².